The largest absolute Gasteiger partial charge is 0.353 e. The van der Waals surface area contributed by atoms with Crippen LogP contribution in [0.25, 0.3) is 11.1 Å². The van der Waals surface area contributed by atoms with Gasteiger partial charge in [-0.05, 0) is 39.2 Å². The minimum absolute atomic E-state index is 0.456. The lowest BCUT2D eigenvalue weighted by molar-refractivity contribution is 0.442. The highest BCUT2D eigenvalue weighted by Gasteiger charge is 2.32. The highest BCUT2D eigenvalue weighted by Crippen LogP contribution is 2.34. The second-order valence-corrected chi connectivity index (χ2v) is 5.43. The number of nitrogens with two attached hydrogens (primary N) is 1. The zero-order chi connectivity index (χ0) is 14.1. The van der Waals surface area contributed by atoms with Gasteiger partial charge in [0, 0.05) is 12.6 Å². The van der Waals surface area contributed by atoms with E-state index in [1.165, 1.54) is 19.3 Å². The van der Waals surface area contributed by atoms with Gasteiger partial charge in [0.2, 0.25) is 0 Å². The SMILES string of the molecule is CCN(c1ncnc2onc(C)c12)C1CCCC1CN. The van der Waals surface area contributed by atoms with E-state index in [0.717, 1.165) is 30.0 Å². The van der Waals surface area contributed by atoms with E-state index in [0.29, 0.717) is 17.7 Å². The van der Waals surface area contributed by atoms with Crippen molar-refractivity contribution in [2.45, 2.75) is 39.2 Å². The molecule has 6 heteroatoms. The fraction of sp³-hybridized carbons (Fsp3) is 0.643. The van der Waals surface area contributed by atoms with Crippen molar-refractivity contribution in [3.8, 4) is 0 Å². The number of aromatic nitrogens is 3. The van der Waals surface area contributed by atoms with Gasteiger partial charge in [-0.1, -0.05) is 11.6 Å². The number of aryl methyl sites for hydroxylation is 1. The molecule has 108 valence electrons. The highest BCUT2D eigenvalue weighted by molar-refractivity contribution is 5.88. The first-order valence-corrected chi connectivity index (χ1v) is 7.30. The first-order valence-electron chi connectivity index (χ1n) is 7.30. The fourth-order valence-corrected chi connectivity index (χ4v) is 3.37. The first-order chi connectivity index (χ1) is 9.76. The maximum absolute atomic E-state index is 5.93. The molecule has 1 aliphatic carbocycles. The maximum Gasteiger partial charge on any atom is 0.263 e. The molecule has 2 unspecified atom stereocenters. The molecular weight excluding hydrogens is 254 g/mol. The van der Waals surface area contributed by atoms with Crippen molar-refractivity contribution < 1.29 is 4.52 Å². The van der Waals surface area contributed by atoms with Crippen LogP contribution in [0, 0.1) is 12.8 Å². The number of hydrogen-bond donors (Lipinski definition) is 1. The normalized spacial score (nSPS) is 22.6. The van der Waals surface area contributed by atoms with Crippen LogP contribution >= 0.6 is 0 Å². The summed E-state index contributed by atoms with van der Waals surface area (Å²) >= 11 is 0. The summed E-state index contributed by atoms with van der Waals surface area (Å²) < 4.78 is 5.25. The van der Waals surface area contributed by atoms with Crippen molar-refractivity contribution in [2.24, 2.45) is 11.7 Å². The number of fused-ring (bicyclic) bond motifs is 1. The molecule has 0 aliphatic heterocycles. The maximum atomic E-state index is 5.93. The second kappa shape index (κ2) is 5.36. The molecule has 2 aromatic heterocycles. The van der Waals surface area contributed by atoms with Gasteiger partial charge in [0.05, 0.1) is 5.69 Å². The fourth-order valence-electron chi connectivity index (χ4n) is 3.37. The van der Waals surface area contributed by atoms with Crippen molar-refractivity contribution in [3.63, 3.8) is 0 Å². The van der Waals surface area contributed by atoms with E-state index >= 15 is 0 Å². The molecule has 0 bridgehead atoms. The Labute approximate surface area is 118 Å². The summed E-state index contributed by atoms with van der Waals surface area (Å²) in [6.07, 6.45) is 5.16. The van der Waals surface area contributed by atoms with E-state index in [4.69, 9.17) is 10.3 Å². The average Bonchev–Trinajstić information content (AvgIpc) is 3.08. The van der Waals surface area contributed by atoms with Crippen LogP contribution in [0.3, 0.4) is 0 Å². The molecule has 0 amide bonds. The molecule has 1 saturated carbocycles. The van der Waals surface area contributed by atoms with E-state index in [1.54, 1.807) is 6.33 Å². The molecule has 2 heterocycles. The predicted molar refractivity (Wildman–Crippen MR) is 77.5 cm³/mol. The number of nitrogens with zero attached hydrogens (tertiary/aromatic N) is 4. The summed E-state index contributed by atoms with van der Waals surface area (Å²) in [6.45, 7) is 5.72. The highest BCUT2D eigenvalue weighted by atomic mass is 16.5. The zero-order valence-electron chi connectivity index (χ0n) is 12.0. The Kier molecular flexibility index (Phi) is 3.56. The minimum Gasteiger partial charge on any atom is -0.353 e. The van der Waals surface area contributed by atoms with Gasteiger partial charge in [0.15, 0.2) is 0 Å². The van der Waals surface area contributed by atoms with Gasteiger partial charge >= 0.3 is 0 Å². The van der Waals surface area contributed by atoms with Crippen LogP contribution in [0.15, 0.2) is 10.9 Å². The topological polar surface area (TPSA) is 81.1 Å². The van der Waals surface area contributed by atoms with Crippen LogP contribution < -0.4 is 10.6 Å². The lowest BCUT2D eigenvalue weighted by atomic mass is 10.0. The van der Waals surface area contributed by atoms with Gasteiger partial charge < -0.3 is 15.2 Å². The summed E-state index contributed by atoms with van der Waals surface area (Å²) in [7, 11) is 0. The van der Waals surface area contributed by atoms with Crippen LogP contribution in [0.1, 0.15) is 31.9 Å². The molecule has 1 fully saturated rings. The Morgan fingerprint density at radius 1 is 1.40 bits per heavy atom. The second-order valence-electron chi connectivity index (χ2n) is 5.43. The van der Waals surface area contributed by atoms with E-state index in [9.17, 15) is 0 Å². The monoisotopic (exact) mass is 275 g/mol. The third-order valence-corrected chi connectivity index (χ3v) is 4.36. The molecule has 20 heavy (non-hydrogen) atoms. The summed E-state index contributed by atoms with van der Waals surface area (Å²) in [5.74, 6) is 1.47. The Bertz CT molecular complexity index is 596. The van der Waals surface area contributed by atoms with Crippen LogP contribution in [0.2, 0.25) is 0 Å². The Morgan fingerprint density at radius 2 is 2.25 bits per heavy atom. The summed E-state index contributed by atoms with van der Waals surface area (Å²) in [4.78, 5) is 11.0. The smallest absolute Gasteiger partial charge is 0.263 e. The Morgan fingerprint density at radius 3 is 3.00 bits per heavy atom. The Hall–Kier alpha value is -1.69. The summed E-state index contributed by atoms with van der Waals surface area (Å²) in [5.41, 5.74) is 7.33. The zero-order valence-corrected chi connectivity index (χ0v) is 12.0. The molecule has 0 aromatic carbocycles. The molecule has 2 N–H and O–H groups in total. The molecule has 0 saturated heterocycles. The molecule has 6 nitrogen and oxygen atoms in total. The van der Waals surface area contributed by atoms with Gasteiger partial charge in [-0.2, -0.15) is 4.98 Å². The number of anilines is 1. The lowest BCUT2D eigenvalue weighted by Gasteiger charge is -2.33. The van der Waals surface area contributed by atoms with Gasteiger partial charge in [0.1, 0.15) is 17.5 Å². The van der Waals surface area contributed by atoms with Crippen molar-refractivity contribution in [1.82, 2.24) is 15.1 Å². The van der Waals surface area contributed by atoms with Crippen LogP contribution in [-0.4, -0.2) is 34.3 Å². The quantitative estimate of drug-likeness (QED) is 0.917. The standard InChI is InChI=1S/C14H21N5O/c1-3-19(11-6-4-5-10(11)7-15)13-12-9(2)18-20-14(12)17-8-16-13/h8,10-11H,3-7,15H2,1-2H3. The molecule has 3 rings (SSSR count). The number of hydrogen-bond acceptors (Lipinski definition) is 6. The molecule has 2 atom stereocenters. The van der Waals surface area contributed by atoms with Crippen molar-refractivity contribution in [2.75, 3.05) is 18.0 Å². The van der Waals surface area contributed by atoms with E-state index in [1.807, 2.05) is 6.92 Å². The number of rotatable bonds is 4. The van der Waals surface area contributed by atoms with Gasteiger partial charge in [-0.25, -0.2) is 4.98 Å². The summed E-state index contributed by atoms with van der Waals surface area (Å²) in [5, 5.41) is 4.94. The van der Waals surface area contributed by atoms with Gasteiger partial charge in [-0.3, -0.25) is 0 Å². The predicted octanol–water partition coefficient (Wildman–Crippen LogP) is 1.88. The molecule has 2 aromatic rings. The third-order valence-electron chi connectivity index (χ3n) is 4.36. The minimum atomic E-state index is 0.456. The van der Waals surface area contributed by atoms with Crippen molar-refractivity contribution in [1.29, 1.82) is 0 Å². The van der Waals surface area contributed by atoms with Crippen LogP contribution in [0.4, 0.5) is 5.82 Å². The van der Waals surface area contributed by atoms with Crippen molar-refractivity contribution in [3.05, 3.63) is 12.0 Å². The molecule has 1 aliphatic rings. The van der Waals surface area contributed by atoms with Gasteiger partial charge in [-0.15, -0.1) is 0 Å². The molecular formula is C14H21N5O. The van der Waals surface area contributed by atoms with Gasteiger partial charge in [0.25, 0.3) is 5.71 Å². The summed E-state index contributed by atoms with van der Waals surface area (Å²) in [6, 6.07) is 0.456. The lowest BCUT2D eigenvalue weighted by Crippen LogP contribution is -2.41. The average molecular weight is 275 g/mol. The molecule has 0 radical (unpaired) electrons. The third kappa shape index (κ3) is 2.04. The van der Waals surface area contributed by atoms with E-state index in [-0.39, 0.29) is 0 Å². The van der Waals surface area contributed by atoms with Crippen LogP contribution in [-0.2, 0) is 0 Å². The van der Waals surface area contributed by atoms with Crippen molar-refractivity contribution >= 4 is 16.9 Å². The Balaban J connectivity index is 2.05. The molecule has 0 spiro atoms. The van der Waals surface area contributed by atoms with E-state index < -0.39 is 0 Å². The first kappa shape index (κ1) is 13.3. The van der Waals surface area contributed by atoms with E-state index in [2.05, 4.69) is 26.9 Å². The van der Waals surface area contributed by atoms with Crippen LogP contribution in [0.5, 0.6) is 0 Å².